The molecule has 0 fully saturated rings. The molecular weight excluding hydrogens is 255 g/mol. The minimum atomic E-state index is -0.484. The van der Waals surface area contributed by atoms with Crippen molar-refractivity contribution in [2.24, 2.45) is 0 Å². The van der Waals surface area contributed by atoms with Crippen molar-refractivity contribution in [3.05, 3.63) is 28.5 Å². The molecular formula is C8H4BrClN2O. The molecule has 0 aliphatic carbocycles. The molecule has 0 amide bonds. The van der Waals surface area contributed by atoms with Gasteiger partial charge in [-0.05, 0) is 39.7 Å². The maximum Gasteiger partial charge on any atom is 0.254 e. The lowest BCUT2D eigenvalue weighted by atomic mass is 10.2. The first-order valence-electron chi connectivity index (χ1n) is 3.51. The zero-order chi connectivity index (χ0) is 9.42. The molecule has 0 radical (unpaired) electrons. The summed E-state index contributed by atoms with van der Waals surface area (Å²) in [7, 11) is 0. The molecule has 1 aromatic carbocycles. The van der Waals surface area contributed by atoms with Crippen LogP contribution in [0.3, 0.4) is 0 Å². The number of nitrogens with zero attached hydrogens (tertiary/aromatic N) is 1. The number of hydrogen-bond donors (Lipinski definition) is 1. The molecule has 5 heteroatoms. The highest BCUT2D eigenvalue weighted by atomic mass is 79.9. The number of nitrogens with one attached hydrogen (secondary N) is 1. The van der Waals surface area contributed by atoms with Crippen LogP contribution in [-0.4, -0.2) is 15.2 Å². The summed E-state index contributed by atoms with van der Waals surface area (Å²) < 4.78 is 0.838. The van der Waals surface area contributed by atoms with Gasteiger partial charge in [0.25, 0.3) is 5.24 Å². The Kier molecular flexibility index (Phi) is 2.09. The average molecular weight is 259 g/mol. The highest BCUT2D eigenvalue weighted by Gasteiger charge is 2.10. The van der Waals surface area contributed by atoms with Crippen LogP contribution >= 0.6 is 27.5 Å². The van der Waals surface area contributed by atoms with Crippen molar-refractivity contribution in [1.29, 1.82) is 0 Å². The maximum absolute atomic E-state index is 11.0. The van der Waals surface area contributed by atoms with E-state index in [0.717, 1.165) is 4.47 Å². The first-order chi connectivity index (χ1) is 6.20. The monoisotopic (exact) mass is 258 g/mol. The molecule has 0 saturated carbocycles. The van der Waals surface area contributed by atoms with Crippen LogP contribution in [0.25, 0.3) is 11.0 Å². The summed E-state index contributed by atoms with van der Waals surface area (Å²) in [4.78, 5) is 17.9. The molecule has 13 heavy (non-hydrogen) atoms. The second kappa shape index (κ2) is 3.12. The fourth-order valence-electron chi connectivity index (χ4n) is 1.16. The van der Waals surface area contributed by atoms with Crippen LogP contribution in [0.2, 0.25) is 0 Å². The Morgan fingerprint density at radius 1 is 1.54 bits per heavy atom. The molecule has 0 bridgehead atoms. The van der Waals surface area contributed by atoms with Crippen molar-refractivity contribution in [2.75, 3.05) is 0 Å². The van der Waals surface area contributed by atoms with Crippen LogP contribution < -0.4 is 0 Å². The van der Waals surface area contributed by atoms with Crippen molar-refractivity contribution >= 4 is 43.8 Å². The van der Waals surface area contributed by atoms with E-state index in [1.165, 1.54) is 6.33 Å². The van der Waals surface area contributed by atoms with E-state index in [4.69, 9.17) is 11.6 Å². The van der Waals surface area contributed by atoms with Gasteiger partial charge in [-0.1, -0.05) is 0 Å². The Morgan fingerprint density at radius 2 is 2.31 bits per heavy atom. The summed E-state index contributed by atoms with van der Waals surface area (Å²) in [5.74, 6) is 0. The molecule has 0 unspecified atom stereocenters. The number of carbonyl (C=O) groups is 1. The quantitative estimate of drug-likeness (QED) is 0.800. The predicted octanol–water partition coefficient (Wildman–Crippen LogP) is 2.70. The van der Waals surface area contributed by atoms with Gasteiger partial charge in [0, 0.05) is 4.47 Å². The molecule has 2 rings (SSSR count). The number of aromatic nitrogens is 2. The molecule has 0 aliphatic heterocycles. The molecule has 0 atom stereocenters. The highest BCUT2D eigenvalue weighted by Crippen LogP contribution is 2.24. The average Bonchev–Trinajstić information content (AvgIpc) is 2.53. The van der Waals surface area contributed by atoms with Gasteiger partial charge >= 0.3 is 0 Å². The first kappa shape index (κ1) is 8.72. The van der Waals surface area contributed by atoms with E-state index in [1.54, 1.807) is 12.1 Å². The van der Waals surface area contributed by atoms with Gasteiger partial charge in [-0.3, -0.25) is 4.79 Å². The standard InChI is InChI=1S/C8H4BrClN2O/c9-5-2-1-4(8(10)13)6-7(5)12-3-11-6/h1-3H,(H,11,12). The van der Waals surface area contributed by atoms with Crippen LogP contribution in [0.5, 0.6) is 0 Å². The van der Waals surface area contributed by atoms with Crippen LogP contribution in [-0.2, 0) is 0 Å². The largest absolute Gasteiger partial charge is 0.344 e. The molecule has 1 N–H and O–H groups in total. The van der Waals surface area contributed by atoms with Crippen molar-refractivity contribution in [1.82, 2.24) is 9.97 Å². The number of imidazole rings is 1. The van der Waals surface area contributed by atoms with Crippen molar-refractivity contribution in [2.45, 2.75) is 0 Å². The van der Waals surface area contributed by atoms with Crippen LogP contribution in [0, 0.1) is 0 Å². The lowest BCUT2D eigenvalue weighted by molar-refractivity contribution is 0.108. The summed E-state index contributed by atoms with van der Waals surface area (Å²) in [5.41, 5.74) is 1.82. The van der Waals surface area contributed by atoms with Gasteiger partial charge < -0.3 is 4.98 Å². The number of aromatic amines is 1. The van der Waals surface area contributed by atoms with Gasteiger partial charge in [0.05, 0.1) is 17.4 Å². The maximum atomic E-state index is 11.0. The number of hydrogen-bond acceptors (Lipinski definition) is 2. The first-order valence-corrected chi connectivity index (χ1v) is 4.68. The van der Waals surface area contributed by atoms with Gasteiger partial charge in [-0.25, -0.2) is 4.98 Å². The SMILES string of the molecule is O=C(Cl)c1ccc(Br)c2nc[nH]c12. The van der Waals surface area contributed by atoms with E-state index in [2.05, 4.69) is 25.9 Å². The van der Waals surface area contributed by atoms with Crippen molar-refractivity contribution in [3.8, 4) is 0 Å². The second-order valence-corrected chi connectivity index (χ2v) is 3.69. The zero-order valence-corrected chi connectivity index (χ0v) is 8.69. The Balaban J connectivity index is 2.86. The van der Waals surface area contributed by atoms with Crippen LogP contribution in [0.4, 0.5) is 0 Å². The Hall–Kier alpha value is -0.870. The molecule has 1 aromatic heterocycles. The third kappa shape index (κ3) is 1.36. The van der Waals surface area contributed by atoms with E-state index in [9.17, 15) is 4.79 Å². The minimum absolute atomic E-state index is 0.442. The third-order valence-electron chi connectivity index (χ3n) is 1.74. The van der Waals surface area contributed by atoms with Crippen LogP contribution in [0.15, 0.2) is 22.9 Å². The van der Waals surface area contributed by atoms with Crippen molar-refractivity contribution < 1.29 is 4.79 Å². The van der Waals surface area contributed by atoms with E-state index in [-0.39, 0.29) is 0 Å². The number of H-pyrrole nitrogens is 1. The highest BCUT2D eigenvalue weighted by molar-refractivity contribution is 9.10. The summed E-state index contributed by atoms with van der Waals surface area (Å²) in [6.07, 6.45) is 1.53. The van der Waals surface area contributed by atoms with Crippen molar-refractivity contribution in [3.63, 3.8) is 0 Å². The molecule has 0 spiro atoms. The topological polar surface area (TPSA) is 45.8 Å². The molecule has 0 saturated heterocycles. The van der Waals surface area contributed by atoms with Crippen LogP contribution in [0.1, 0.15) is 10.4 Å². The Bertz CT molecular complexity index is 480. The summed E-state index contributed by atoms with van der Waals surface area (Å²) >= 11 is 8.71. The van der Waals surface area contributed by atoms with Gasteiger partial charge in [0.2, 0.25) is 0 Å². The minimum Gasteiger partial charge on any atom is -0.344 e. The Morgan fingerprint density at radius 3 is 3.00 bits per heavy atom. The van der Waals surface area contributed by atoms with Gasteiger partial charge in [-0.2, -0.15) is 0 Å². The third-order valence-corrected chi connectivity index (χ3v) is 2.59. The number of carbonyl (C=O) groups excluding carboxylic acids is 1. The number of halogens is 2. The molecule has 0 aliphatic rings. The van der Waals surface area contributed by atoms with E-state index >= 15 is 0 Å². The fourth-order valence-corrected chi connectivity index (χ4v) is 1.75. The van der Waals surface area contributed by atoms with E-state index in [1.807, 2.05) is 0 Å². The molecule has 3 nitrogen and oxygen atoms in total. The number of rotatable bonds is 1. The Labute approximate surface area is 87.2 Å². The lowest BCUT2D eigenvalue weighted by Gasteiger charge is -1.97. The smallest absolute Gasteiger partial charge is 0.254 e. The van der Waals surface area contributed by atoms with E-state index < -0.39 is 5.24 Å². The predicted molar refractivity (Wildman–Crippen MR) is 54.0 cm³/mol. The molecule has 66 valence electrons. The number of benzene rings is 1. The van der Waals surface area contributed by atoms with Gasteiger partial charge in [0.1, 0.15) is 5.52 Å². The molecule has 2 aromatic rings. The summed E-state index contributed by atoms with van der Waals surface area (Å²) in [6, 6.07) is 3.40. The summed E-state index contributed by atoms with van der Waals surface area (Å²) in [6.45, 7) is 0. The number of fused-ring (bicyclic) bond motifs is 1. The van der Waals surface area contributed by atoms with Gasteiger partial charge in [-0.15, -0.1) is 0 Å². The van der Waals surface area contributed by atoms with Gasteiger partial charge in [0.15, 0.2) is 0 Å². The zero-order valence-electron chi connectivity index (χ0n) is 6.34. The second-order valence-electron chi connectivity index (χ2n) is 2.49. The summed E-state index contributed by atoms with van der Waals surface area (Å²) in [5, 5.41) is -0.484. The normalized spacial score (nSPS) is 10.6. The lowest BCUT2D eigenvalue weighted by Crippen LogP contribution is -1.90. The molecule has 1 heterocycles. The fraction of sp³-hybridized carbons (Fsp3) is 0. The van der Waals surface area contributed by atoms with E-state index in [0.29, 0.717) is 16.6 Å².